The van der Waals surface area contributed by atoms with Crippen LogP contribution in [0.4, 0.5) is 0 Å². The smallest absolute Gasteiger partial charge is 0.125 e. The molecule has 0 bridgehead atoms. The Morgan fingerprint density at radius 2 is 1.94 bits per heavy atom. The Kier molecular flexibility index (Phi) is 8.48. The monoisotopic (exact) mass is 276 g/mol. The number of halogens is 1. The molecule has 0 heterocycles. The van der Waals surface area contributed by atoms with Gasteiger partial charge in [0.15, 0.2) is 0 Å². The lowest BCUT2D eigenvalue weighted by Gasteiger charge is -2.03. The maximum Gasteiger partial charge on any atom is 0.125 e. The lowest BCUT2D eigenvalue weighted by Crippen LogP contribution is -2.88. The fraction of sp³-hybridized carbons (Fsp3) is 0.500. The predicted molar refractivity (Wildman–Crippen MR) is 72.4 cm³/mol. The van der Waals surface area contributed by atoms with Crippen LogP contribution in [0.2, 0.25) is 5.02 Å². The standard InChI is InChI=1S/C12H19ClN2OS/c13-11-1-3-12(4-2-11)17-10-9-16-8-7-15-6-5-14/h1-4,15H,5-10,14H2/p+2. The average molecular weight is 277 g/mol. The fourth-order valence-corrected chi connectivity index (χ4v) is 2.20. The number of quaternary nitrogens is 2. The molecule has 0 aromatic heterocycles. The minimum atomic E-state index is 0.784. The maximum absolute atomic E-state index is 5.81. The van der Waals surface area contributed by atoms with Crippen molar-refractivity contribution in [2.45, 2.75) is 4.90 Å². The van der Waals surface area contributed by atoms with E-state index < -0.39 is 0 Å². The van der Waals surface area contributed by atoms with Crippen LogP contribution in [0.25, 0.3) is 0 Å². The topological polar surface area (TPSA) is 53.5 Å². The first kappa shape index (κ1) is 14.8. The summed E-state index contributed by atoms with van der Waals surface area (Å²) >= 11 is 7.61. The Bertz CT molecular complexity index is 295. The summed E-state index contributed by atoms with van der Waals surface area (Å²) in [6.07, 6.45) is 0. The molecule has 3 nitrogen and oxygen atoms in total. The summed E-state index contributed by atoms with van der Waals surface area (Å²) in [5, 5.41) is 3.02. The van der Waals surface area contributed by atoms with E-state index in [1.165, 1.54) is 4.90 Å². The van der Waals surface area contributed by atoms with E-state index in [2.05, 4.69) is 11.1 Å². The van der Waals surface area contributed by atoms with Crippen molar-refractivity contribution in [3.8, 4) is 0 Å². The maximum atomic E-state index is 5.81. The molecule has 0 aliphatic heterocycles. The second kappa shape index (κ2) is 9.74. The molecule has 0 saturated heterocycles. The average Bonchev–Trinajstić information content (AvgIpc) is 2.35. The van der Waals surface area contributed by atoms with Gasteiger partial charge >= 0.3 is 0 Å². The van der Waals surface area contributed by atoms with E-state index in [4.69, 9.17) is 16.3 Å². The van der Waals surface area contributed by atoms with Crippen molar-refractivity contribution in [1.82, 2.24) is 0 Å². The second-order valence-electron chi connectivity index (χ2n) is 3.63. The summed E-state index contributed by atoms with van der Waals surface area (Å²) in [5.74, 6) is 0.983. The van der Waals surface area contributed by atoms with E-state index in [9.17, 15) is 0 Å². The number of thioether (sulfide) groups is 1. The van der Waals surface area contributed by atoms with Crippen molar-refractivity contribution in [1.29, 1.82) is 0 Å². The molecule has 0 unspecified atom stereocenters. The van der Waals surface area contributed by atoms with Crippen LogP contribution in [0.1, 0.15) is 0 Å². The predicted octanol–water partition coefficient (Wildman–Crippen LogP) is 0.254. The van der Waals surface area contributed by atoms with Gasteiger partial charge in [0.25, 0.3) is 0 Å². The Balaban J connectivity index is 1.95. The van der Waals surface area contributed by atoms with Gasteiger partial charge in [-0.15, -0.1) is 11.8 Å². The highest BCUT2D eigenvalue weighted by Gasteiger charge is 1.95. The van der Waals surface area contributed by atoms with E-state index in [1.54, 1.807) is 11.8 Å². The minimum absolute atomic E-state index is 0.784. The lowest BCUT2D eigenvalue weighted by atomic mass is 10.4. The molecule has 0 aliphatic carbocycles. The van der Waals surface area contributed by atoms with Crippen molar-refractivity contribution in [2.24, 2.45) is 0 Å². The number of ether oxygens (including phenoxy) is 1. The van der Waals surface area contributed by atoms with Gasteiger partial charge in [-0.2, -0.15) is 0 Å². The van der Waals surface area contributed by atoms with Gasteiger partial charge in [-0.3, -0.25) is 0 Å². The van der Waals surface area contributed by atoms with Crippen molar-refractivity contribution in [2.75, 3.05) is 38.6 Å². The highest BCUT2D eigenvalue weighted by atomic mass is 35.5. The second-order valence-corrected chi connectivity index (χ2v) is 5.24. The number of rotatable bonds is 9. The van der Waals surface area contributed by atoms with Gasteiger partial charge in [0.2, 0.25) is 0 Å². The quantitative estimate of drug-likeness (QED) is 0.502. The van der Waals surface area contributed by atoms with Crippen molar-refractivity contribution in [3.63, 3.8) is 0 Å². The molecule has 1 aromatic rings. The molecule has 0 amide bonds. The van der Waals surface area contributed by atoms with Crippen LogP contribution in [0.5, 0.6) is 0 Å². The first-order valence-electron chi connectivity index (χ1n) is 5.90. The number of benzene rings is 1. The van der Waals surface area contributed by atoms with Crippen LogP contribution in [-0.4, -0.2) is 38.6 Å². The summed E-state index contributed by atoms with van der Waals surface area (Å²) in [6.45, 7) is 4.71. The van der Waals surface area contributed by atoms with Crippen LogP contribution in [0, 0.1) is 0 Å². The molecule has 5 heteroatoms. The van der Waals surface area contributed by atoms with Gasteiger partial charge in [-0.25, -0.2) is 0 Å². The third-order valence-corrected chi connectivity index (χ3v) is 3.41. The summed E-state index contributed by atoms with van der Waals surface area (Å²) in [6, 6.07) is 7.90. The van der Waals surface area contributed by atoms with E-state index in [1.807, 2.05) is 24.3 Å². The zero-order chi connectivity index (χ0) is 12.3. The van der Waals surface area contributed by atoms with Gasteiger partial charge in [0.05, 0.1) is 19.8 Å². The van der Waals surface area contributed by atoms with E-state index >= 15 is 0 Å². The summed E-state index contributed by atoms with van der Waals surface area (Å²) in [4.78, 5) is 1.24. The molecule has 96 valence electrons. The Morgan fingerprint density at radius 1 is 1.18 bits per heavy atom. The number of hydrogen-bond acceptors (Lipinski definition) is 2. The third kappa shape index (κ3) is 7.63. The Labute approximate surface area is 112 Å². The molecule has 17 heavy (non-hydrogen) atoms. The zero-order valence-electron chi connectivity index (χ0n) is 10.0. The fourth-order valence-electron chi connectivity index (χ4n) is 1.31. The van der Waals surface area contributed by atoms with Gasteiger partial charge in [-0.05, 0) is 24.3 Å². The SMILES string of the molecule is [NH3+]CC[NH2+]CCOCCSc1ccc(Cl)cc1. The molecular formula is C12H21ClN2OS+2. The number of hydrogen-bond donors (Lipinski definition) is 2. The summed E-state index contributed by atoms with van der Waals surface area (Å²) < 4.78 is 5.53. The molecule has 0 spiro atoms. The molecule has 0 saturated carbocycles. The molecule has 1 aromatic carbocycles. The molecule has 5 N–H and O–H groups in total. The summed E-state index contributed by atoms with van der Waals surface area (Å²) in [7, 11) is 0. The van der Waals surface area contributed by atoms with E-state index in [-0.39, 0.29) is 0 Å². The minimum Gasteiger partial charge on any atom is -0.375 e. The van der Waals surface area contributed by atoms with Crippen LogP contribution >= 0.6 is 23.4 Å². The van der Waals surface area contributed by atoms with Crippen molar-refractivity contribution < 1.29 is 15.8 Å². The van der Waals surface area contributed by atoms with Gasteiger partial charge in [0, 0.05) is 15.7 Å². The van der Waals surface area contributed by atoms with Crippen LogP contribution < -0.4 is 11.1 Å². The Hall–Kier alpha value is -0.260. The van der Waals surface area contributed by atoms with Crippen LogP contribution in [-0.2, 0) is 4.74 Å². The van der Waals surface area contributed by atoms with Gasteiger partial charge in [-0.1, -0.05) is 11.6 Å². The summed E-state index contributed by atoms with van der Waals surface area (Å²) in [5.41, 5.74) is 3.79. The number of nitrogens with two attached hydrogens (primary N) is 1. The van der Waals surface area contributed by atoms with E-state index in [0.29, 0.717) is 0 Å². The third-order valence-electron chi connectivity index (χ3n) is 2.18. The van der Waals surface area contributed by atoms with Crippen LogP contribution in [0.3, 0.4) is 0 Å². The van der Waals surface area contributed by atoms with Gasteiger partial charge in [0.1, 0.15) is 13.1 Å². The molecule has 0 atom stereocenters. The van der Waals surface area contributed by atoms with Crippen molar-refractivity contribution in [3.05, 3.63) is 29.3 Å². The Morgan fingerprint density at radius 3 is 2.65 bits per heavy atom. The van der Waals surface area contributed by atoms with Gasteiger partial charge < -0.3 is 15.8 Å². The largest absolute Gasteiger partial charge is 0.375 e. The molecule has 0 aliphatic rings. The lowest BCUT2D eigenvalue weighted by molar-refractivity contribution is -0.671. The van der Waals surface area contributed by atoms with Crippen molar-refractivity contribution >= 4 is 23.4 Å². The van der Waals surface area contributed by atoms with Crippen LogP contribution in [0.15, 0.2) is 29.2 Å². The normalized spacial score (nSPS) is 10.7. The molecular weight excluding hydrogens is 256 g/mol. The first-order chi connectivity index (χ1) is 8.33. The molecule has 0 radical (unpaired) electrons. The zero-order valence-corrected chi connectivity index (χ0v) is 11.6. The highest BCUT2D eigenvalue weighted by Crippen LogP contribution is 2.19. The first-order valence-corrected chi connectivity index (χ1v) is 7.26. The highest BCUT2D eigenvalue weighted by molar-refractivity contribution is 7.99. The molecule has 0 fully saturated rings. The molecule has 1 rings (SSSR count). The van der Waals surface area contributed by atoms with E-state index in [0.717, 1.165) is 43.6 Å².